The van der Waals surface area contributed by atoms with Gasteiger partial charge in [0.15, 0.2) is 0 Å². The van der Waals surface area contributed by atoms with Crippen molar-refractivity contribution in [2.24, 2.45) is 0 Å². The highest BCUT2D eigenvalue weighted by molar-refractivity contribution is 5.85. The number of carbonyl (C=O) groups is 1. The molecule has 0 heterocycles. The van der Waals surface area contributed by atoms with E-state index in [1.54, 1.807) is 18.2 Å². The zero-order chi connectivity index (χ0) is 13.5. The van der Waals surface area contributed by atoms with Gasteiger partial charge in [0.2, 0.25) is 0 Å². The van der Waals surface area contributed by atoms with Crippen molar-refractivity contribution in [3.8, 4) is 0 Å². The molecule has 0 bridgehead atoms. The van der Waals surface area contributed by atoms with Crippen LogP contribution >= 0.6 is 0 Å². The monoisotopic (exact) mass is 250 g/mol. The Morgan fingerprint density at radius 3 is 2.89 bits per heavy atom. The fraction of sp³-hybridized carbons (Fsp3) is 0.250. The molecule has 0 fully saturated rings. The summed E-state index contributed by atoms with van der Waals surface area (Å²) in [5, 5.41) is 22.2. The number of nitro groups is 1. The highest BCUT2D eigenvalue weighted by Crippen LogP contribution is 2.12. The van der Waals surface area contributed by atoms with Crippen molar-refractivity contribution in [2.45, 2.75) is 13.5 Å². The Labute approximate surface area is 104 Å². The van der Waals surface area contributed by atoms with Crippen LogP contribution in [0.1, 0.15) is 12.5 Å². The average molecular weight is 250 g/mol. The molecular weight excluding hydrogens is 236 g/mol. The topological polar surface area (TPSA) is 92.5 Å². The third-order valence-corrected chi connectivity index (χ3v) is 2.34. The summed E-state index contributed by atoms with van der Waals surface area (Å²) in [5.74, 6) is -0.952. The molecule has 1 aromatic rings. The van der Waals surface area contributed by atoms with Gasteiger partial charge in [-0.2, -0.15) is 0 Å². The van der Waals surface area contributed by atoms with Gasteiger partial charge in [0.05, 0.1) is 4.92 Å². The lowest BCUT2D eigenvalue weighted by molar-refractivity contribution is -0.384. The number of nitrogens with zero attached hydrogens (tertiary/aromatic N) is 1. The van der Waals surface area contributed by atoms with Gasteiger partial charge in [-0.15, -0.1) is 0 Å². The van der Waals surface area contributed by atoms with Crippen LogP contribution in [0.15, 0.2) is 35.9 Å². The Morgan fingerprint density at radius 2 is 2.28 bits per heavy atom. The molecule has 0 saturated heterocycles. The van der Waals surface area contributed by atoms with Gasteiger partial charge in [-0.3, -0.25) is 10.1 Å². The van der Waals surface area contributed by atoms with Crippen molar-refractivity contribution in [3.05, 3.63) is 51.6 Å². The van der Waals surface area contributed by atoms with Crippen molar-refractivity contribution in [1.29, 1.82) is 0 Å². The van der Waals surface area contributed by atoms with E-state index >= 15 is 0 Å². The summed E-state index contributed by atoms with van der Waals surface area (Å²) in [7, 11) is 0. The van der Waals surface area contributed by atoms with Gasteiger partial charge >= 0.3 is 5.97 Å². The highest BCUT2D eigenvalue weighted by Gasteiger charge is 2.04. The number of carboxylic acids is 1. The zero-order valence-corrected chi connectivity index (χ0v) is 9.92. The quantitative estimate of drug-likeness (QED) is 0.347. The Kier molecular flexibility index (Phi) is 5.01. The van der Waals surface area contributed by atoms with Crippen LogP contribution in [0.2, 0.25) is 0 Å². The van der Waals surface area contributed by atoms with Crippen LogP contribution in [0, 0.1) is 10.1 Å². The van der Waals surface area contributed by atoms with Crippen LogP contribution in [0.25, 0.3) is 0 Å². The molecule has 6 heteroatoms. The second-order valence-corrected chi connectivity index (χ2v) is 3.75. The van der Waals surface area contributed by atoms with E-state index in [4.69, 9.17) is 5.11 Å². The van der Waals surface area contributed by atoms with Crippen molar-refractivity contribution < 1.29 is 14.8 Å². The summed E-state index contributed by atoms with van der Waals surface area (Å²) >= 11 is 0. The fourth-order valence-corrected chi connectivity index (χ4v) is 1.31. The summed E-state index contributed by atoms with van der Waals surface area (Å²) in [5.41, 5.74) is 1.10. The predicted octanol–water partition coefficient (Wildman–Crippen LogP) is 1.72. The first-order valence-corrected chi connectivity index (χ1v) is 5.35. The van der Waals surface area contributed by atoms with Crippen LogP contribution in [-0.2, 0) is 11.3 Å². The molecule has 0 radical (unpaired) electrons. The molecule has 0 spiro atoms. The first-order chi connectivity index (χ1) is 8.50. The lowest BCUT2D eigenvalue weighted by Gasteiger charge is -2.02. The van der Waals surface area contributed by atoms with E-state index in [-0.39, 0.29) is 11.3 Å². The summed E-state index contributed by atoms with van der Waals surface area (Å²) in [6.07, 6.45) is 1.56. The molecule has 0 atom stereocenters. The Hall–Kier alpha value is -2.21. The molecule has 1 aromatic carbocycles. The number of non-ortho nitro benzene ring substituents is 1. The molecule has 0 aliphatic carbocycles. The molecule has 1 rings (SSSR count). The molecule has 96 valence electrons. The van der Waals surface area contributed by atoms with E-state index in [1.807, 2.05) is 0 Å². The maximum Gasteiger partial charge on any atom is 0.330 e. The SMILES string of the molecule is C/C(=C/CNCc1cccc([N+](=O)[O-])c1)C(=O)O. The number of nitrogens with one attached hydrogen (secondary N) is 1. The van der Waals surface area contributed by atoms with Crippen LogP contribution in [0.5, 0.6) is 0 Å². The fourth-order valence-electron chi connectivity index (χ4n) is 1.31. The number of aliphatic carboxylic acids is 1. The number of rotatable bonds is 6. The summed E-state index contributed by atoms with van der Waals surface area (Å²) < 4.78 is 0. The number of benzene rings is 1. The van der Waals surface area contributed by atoms with Gasteiger partial charge < -0.3 is 10.4 Å². The third-order valence-electron chi connectivity index (χ3n) is 2.34. The zero-order valence-electron chi connectivity index (χ0n) is 9.92. The van der Waals surface area contributed by atoms with Gasteiger partial charge in [-0.25, -0.2) is 4.79 Å². The molecule has 6 nitrogen and oxygen atoms in total. The number of nitro benzene ring substituents is 1. The lowest BCUT2D eigenvalue weighted by atomic mass is 10.2. The van der Waals surface area contributed by atoms with E-state index in [0.717, 1.165) is 5.56 Å². The molecule has 0 saturated carbocycles. The minimum absolute atomic E-state index is 0.0477. The molecule has 0 aromatic heterocycles. The summed E-state index contributed by atoms with van der Waals surface area (Å²) in [6.45, 7) is 2.36. The molecule has 0 amide bonds. The minimum Gasteiger partial charge on any atom is -0.478 e. The van der Waals surface area contributed by atoms with Crippen molar-refractivity contribution in [2.75, 3.05) is 6.54 Å². The first-order valence-electron chi connectivity index (χ1n) is 5.35. The predicted molar refractivity (Wildman–Crippen MR) is 66.2 cm³/mol. The second kappa shape index (κ2) is 6.51. The Bertz CT molecular complexity index is 483. The molecule has 0 aliphatic rings. The van der Waals surface area contributed by atoms with Crippen molar-refractivity contribution >= 4 is 11.7 Å². The van der Waals surface area contributed by atoms with Crippen LogP contribution in [-0.4, -0.2) is 22.5 Å². The van der Waals surface area contributed by atoms with E-state index in [1.165, 1.54) is 19.1 Å². The van der Waals surface area contributed by atoms with Crippen LogP contribution < -0.4 is 5.32 Å². The smallest absolute Gasteiger partial charge is 0.330 e. The maximum absolute atomic E-state index is 10.6. The summed E-state index contributed by atoms with van der Waals surface area (Å²) in [4.78, 5) is 20.6. The highest BCUT2D eigenvalue weighted by atomic mass is 16.6. The van der Waals surface area contributed by atoms with Gasteiger partial charge in [0.1, 0.15) is 0 Å². The molecular formula is C12H14N2O4. The van der Waals surface area contributed by atoms with Gasteiger partial charge in [0, 0.05) is 30.8 Å². The molecule has 18 heavy (non-hydrogen) atoms. The Balaban J connectivity index is 2.49. The maximum atomic E-state index is 10.6. The average Bonchev–Trinajstić information content (AvgIpc) is 2.34. The number of hydrogen-bond donors (Lipinski definition) is 2. The standard InChI is InChI=1S/C12H14N2O4/c1-9(12(15)16)5-6-13-8-10-3-2-4-11(7-10)14(17)18/h2-5,7,13H,6,8H2,1H3,(H,15,16)/b9-5-. The number of carboxylic acid groups (broad SMARTS) is 1. The normalized spacial score (nSPS) is 11.3. The lowest BCUT2D eigenvalue weighted by Crippen LogP contribution is -2.14. The first kappa shape index (κ1) is 13.9. The van der Waals surface area contributed by atoms with Crippen molar-refractivity contribution in [1.82, 2.24) is 5.32 Å². The van der Waals surface area contributed by atoms with Crippen LogP contribution in [0.4, 0.5) is 5.69 Å². The number of hydrogen-bond acceptors (Lipinski definition) is 4. The molecule has 0 aliphatic heterocycles. The van der Waals surface area contributed by atoms with Gasteiger partial charge in [-0.1, -0.05) is 18.2 Å². The van der Waals surface area contributed by atoms with Gasteiger partial charge in [0.25, 0.3) is 5.69 Å². The second-order valence-electron chi connectivity index (χ2n) is 3.75. The van der Waals surface area contributed by atoms with E-state index in [2.05, 4.69) is 5.32 Å². The molecule has 2 N–H and O–H groups in total. The third kappa shape index (κ3) is 4.34. The largest absolute Gasteiger partial charge is 0.478 e. The Morgan fingerprint density at radius 1 is 1.56 bits per heavy atom. The van der Waals surface area contributed by atoms with Crippen LogP contribution in [0.3, 0.4) is 0 Å². The molecule has 0 unspecified atom stereocenters. The van der Waals surface area contributed by atoms with E-state index in [0.29, 0.717) is 13.1 Å². The summed E-state index contributed by atoms with van der Waals surface area (Å²) in [6, 6.07) is 6.31. The van der Waals surface area contributed by atoms with E-state index < -0.39 is 10.9 Å². The minimum atomic E-state index is -0.952. The van der Waals surface area contributed by atoms with Gasteiger partial charge in [-0.05, 0) is 12.5 Å². The van der Waals surface area contributed by atoms with Crippen molar-refractivity contribution in [3.63, 3.8) is 0 Å². The van der Waals surface area contributed by atoms with E-state index in [9.17, 15) is 14.9 Å².